The van der Waals surface area contributed by atoms with Gasteiger partial charge in [0.2, 0.25) is 0 Å². The Morgan fingerprint density at radius 2 is 1.58 bits per heavy atom. The van der Waals surface area contributed by atoms with Gasteiger partial charge in [-0.2, -0.15) is 0 Å². The van der Waals surface area contributed by atoms with Crippen LogP contribution in [-0.2, 0) is 6.42 Å². The van der Waals surface area contributed by atoms with E-state index in [1.165, 1.54) is 33.7 Å². The van der Waals surface area contributed by atoms with Crippen LogP contribution in [-0.4, -0.2) is 28.5 Å². The van der Waals surface area contributed by atoms with Crippen molar-refractivity contribution < 1.29 is 0 Å². The van der Waals surface area contributed by atoms with Crippen LogP contribution in [0.4, 0.5) is 0 Å². The SMILES string of the molecule is Cc1cc(C)c(-c2csc(CCCN(C(C)C)C(C)C)n2)c(C)c1. The van der Waals surface area contributed by atoms with Crippen LogP contribution in [0.5, 0.6) is 0 Å². The molecule has 0 bridgehead atoms. The molecular formula is C21H32N2S. The molecule has 0 N–H and O–H groups in total. The lowest BCUT2D eigenvalue weighted by atomic mass is 9.98. The fraction of sp³-hybridized carbons (Fsp3) is 0.571. The van der Waals surface area contributed by atoms with Crippen LogP contribution in [0.15, 0.2) is 17.5 Å². The van der Waals surface area contributed by atoms with Crippen molar-refractivity contribution in [1.82, 2.24) is 9.88 Å². The molecule has 2 nitrogen and oxygen atoms in total. The molecule has 2 aromatic rings. The Labute approximate surface area is 151 Å². The third-order valence-corrected chi connectivity index (χ3v) is 5.53. The average molecular weight is 345 g/mol. The van der Waals surface area contributed by atoms with E-state index in [4.69, 9.17) is 4.98 Å². The van der Waals surface area contributed by atoms with Gasteiger partial charge in [0.25, 0.3) is 0 Å². The fourth-order valence-corrected chi connectivity index (χ4v) is 4.48. The van der Waals surface area contributed by atoms with E-state index in [9.17, 15) is 0 Å². The van der Waals surface area contributed by atoms with Crippen molar-refractivity contribution in [3.05, 3.63) is 39.2 Å². The Balaban J connectivity index is 2.04. The van der Waals surface area contributed by atoms with Gasteiger partial charge in [0.1, 0.15) is 0 Å². The summed E-state index contributed by atoms with van der Waals surface area (Å²) in [5.41, 5.74) is 6.45. The highest BCUT2D eigenvalue weighted by atomic mass is 32.1. The molecule has 0 aliphatic carbocycles. The van der Waals surface area contributed by atoms with Crippen molar-refractivity contribution in [2.75, 3.05) is 6.54 Å². The fourth-order valence-electron chi connectivity index (χ4n) is 3.65. The first kappa shape index (κ1) is 19.1. The number of benzene rings is 1. The van der Waals surface area contributed by atoms with Crippen LogP contribution in [0.25, 0.3) is 11.3 Å². The van der Waals surface area contributed by atoms with Gasteiger partial charge in [0, 0.05) is 29.4 Å². The Bertz CT molecular complexity index is 639. The van der Waals surface area contributed by atoms with Gasteiger partial charge in [0.05, 0.1) is 10.7 Å². The number of hydrogen-bond donors (Lipinski definition) is 0. The lowest BCUT2D eigenvalue weighted by Gasteiger charge is -2.30. The summed E-state index contributed by atoms with van der Waals surface area (Å²) in [6.45, 7) is 16.8. The van der Waals surface area contributed by atoms with E-state index in [-0.39, 0.29) is 0 Å². The zero-order valence-electron chi connectivity index (χ0n) is 16.3. The minimum absolute atomic E-state index is 0.606. The molecule has 0 fully saturated rings. The maximum absolute atomic E-state index is 4.92. The molecule has 0 radical (unpaired) electrons. The number of hydrogen-bond acceptors (Lipinski definition) is 3. The van der Waals surface area contributed by atoms with Gasteiger partial charge in [-0.15, -0.1) is 11.3 Å². The van der Waals surface area contributed by atoms with Crippen LogP contribution in [0.2, 0.25) is 0 Å². The largest absolute Gasteiger partial charge is 0.299 e. The molecule has 0 amide bonds. The summed E-state index contributed by atoms with van der Waals surface area (Å²) in [5.74, 6) is 0. The molecule has 0 spiro atoms. The Kier molecular flexibility index (Phi) is 6.59. The molecule has 0 atom stereocenters. The van der Waals surface area contributed by atoms with Gasteiger partial charge in [-0.25, -0.2) is 4.98 Å². The topological polar surface area (TPSA) is 16.1 Å². The number of nitrogens with zero attached hydrogens (tertiary/aromatic N) is 2. The molecule has 0 unspecified atom stereocenters. The summed E-state index contributed by atoms with van der Waals surface area (Å²) in [6.07, 6.45) is 2.25. The quantitative estimate of drug-likeness (QED) is 0.632. The van der Waals surface area contributed by atoms with Crippen molar-refractivity contribution in [2.45, 2.75) is 73.4 Å². The molecule has 0 aliphatic rings. The normalized spacial score (nSPS) is 11.9. The van der Waals surface area contributed by atoms with Crippen LogP contribution >= 0.6 is 11.3 Å². The molecule has 0 aliphatic heterocycles. The van der Waals surface area contributed by atoms with E-state index in [1.54, 1.807) is 11.3 Å². The molecule has 2 rings (SSSR count). The summed E-state index contributed by atoms with van der Waals surface area (Å²) < 4.78 is 0. The van der Waals surface area contributed by atoms with Crippen molar-refractivity contribution in [3.8, 4) is 11.3 Å². The third-order valence-electron chi connectivity index (χ3n) is 4.62. The smallest absolute Gasteiger partial charge is 0.0933 e. The first-order valence-corrected chi connectivity index (χ1v) is 9.96. The minimum atomic E-state index is 0.606. The average Bonchev–Trinajstić information content (AvgIpc) is 2.90. The molecule has 3 heteroatoms. The van der Waals surface area contributed by atoms with Crippen LogP contribution < -0.4 is 0 Å². The van der Waals surface area contributed by atoms with Gasteiger partial charge in [-0.1, -0.05) is 17.7 Å². The maximum atomic E-state index is 4.92. The molecular weight excluding hydrogens is 312 g/mol. The minimum Gasteiger partial charge on any atom is -0.299 e. The van der Waals surface area contributed by atoms with E-state index >= 15 is 0 Å². The van der Waals surface area contributed by atoms with E-state index in [1.807, 2.05) is 0 Å². The molecule has 1 aromatic carbocycles. The predicted octanol–water partition coefficient (Wildman–Crippen LogP) is 5.79. The molecule has 1 heterocycles. The van der Waals surface area contributed by atoms with E-state index in [2.05, 4.69) is 70.9 Å². The Morgan fingerprint density at radius 3 is 2.12 bits per heavy atom. The van der Waals surface area contributed by atoms with Gasteiger partial charge >= 0.3 is 0 Å². The van der Waals surface area contributed by atoms with Crippen molar-refractivity contribution in [3.63, 3.8) is 0 Å². The Hall–Kier alpha value is -1.19. The number of aromatic nitrogens is 1. The molecule has 1 aromatic heterocycles. The summed E-state index contributed by atoms with van der Waals surface area (Å²) in [4.78, 5) is 7.48. The van der Waals surface area contributed by atoms with Crippen LogP contribution in [0.3, 0.4) is 0 Å². The zero-order chi connectivity index (χ0) is 17.9. The maximum Gasteiger partial charge on any atom is 0.0933 e. The molecule has 132 valence electrons. The molecule has 0 saturated heterocycles. The van der Waals surface area contributed by atoms with E-state index < -0.39 is 0 Å². The standard InChI is InChI=1S/C21H32N2S/c1-14(2)23(15(3)4)10-8-9-20-22-19(13-24-20)21-17(6)11-16(5)12-18(21)7/h11-15H,8-10H2,1-7H3. The first-order valence-electron chi connectivity index (χ1n) is 9.08. The second-order valence-electron chi connectivity index (χ2n) is 7.43. The van der Waals surface area contributed by atoms with E-state index in [0.717, 1.165) is 18.7 Å². The third kappa shape index (κ3) is 4.67. The van der Waals surface area contributed by atoms with Crippen molar-refractivity contribution in [1.29, 1.82) is 0 Å². The predicted molar refractivity (Wildman–Crippen MR) is 107 cm³/mol. The van der Waals surface area contributed by atoms with E-state index in [0.29, 0.717) is 12.1 Å². The highest BCUT2D eigenvalue weighted by Gasteiger charge is 2.14. The second-order valence-corrected chi connectivity index (χ2v) is 8.37. The number of rotatable bonds is 7. The highest BCUT2D eigenvalue weighted by Crippen LogP contribution is 2.29. The summed E-state index contributed by atoms with van der Waals surface area (Å²) in [6, 6.07) is 5.72. The summed E-state index contributed by atoms with van der Waals surface area (Å²) in [7, 11) is 0. The Morgan fingerprint density at radius 1 is 1.00 bits per heavy atom. The molecule has 24 heavy (non-hydrogen) atoms. The van der Waals surface area contributed by atoms with Gasteiger partial charge in [-0.05, 0) is 72.6 Å². The van der Waals surface area contributed by atoms with Crippen molar-refractivity contribution in [2.24, 2.45) is 0 Å². The number of aryl methyl sites for hydroxylation is 4. The lowest BCUT2D eigenvalue weighted by molar-refractivity contribution is 0.173. The van der Waals surface area contributed by atoms with Gasteiger partial charge < -0.3 is 0 Å². The van der Waals surface area contributed by atoms with Crippen molar-refractivity contribution >= 4 is 11.3 Å². The summed E-state index contributed by atoms with van der Waals surface area (Å²) in [5, 5.41) is 3.49. The van der Waals surface area contributed by atoms with Gasteiger partial charge in [-0.3, -0.25) is 4.90 Å². The van der Waals surface area contributed by atoms with Crippen LogP contribution in [0, 0.1) is 20.8 Å². The first-order chi connectivity index (χ1) is 11.3. The highest BCUT2D eigenvalue weighted by molar-refractivity contribution is 7.09. The second kappa shape index (κ2) is 8.26. The van der Waals surface area contributed by atoms with Crippen LogP contribution in [0.1, 0.15) is 55.8 Å². The zero-order valence-corrected chi connectivity index (χ0v) is 17.1. The molecule has 0 saturated carbocycles. The summed E-state index contributed by atoms with van der Waals surface area (Å²) >= 11 is 1.80. The lowest BCUT2D eigenvalue weighted by Crippen LogP contribution is -2.37. The monoisotopic (exact) mass is 344 g/mol. The number of thiazole rings is 1. The van der Waals surface area contributed by atoms with Gasteiger partial charge in [0.15, 0.2) is 0 Å².